The second-order valence-corrected chi connectivity index (χ2v) is 5.07. The standard InChI is InChI=1S/C17H20N2/c1-2-17(19-11-9-18-10-12-19)16-8-7-14-5-3-4-6-15(14)13-16/h2-8,13,17-18H,1,9-12H2/t17-/m0/s1. The second kappa shape index (κ2) is 5.55. The fraction of sp³-hybridized carbons (Fsp3) is 0.294. The van der Waals surface area contributed by atoms with Crippen LogP contribution in [0, 0.1) is 0 Å². The fourth-order valence-corrected chi connectivity index (χ4v) is 2.85. The van der Waals surface area contributed by atoms with Gasteiger partial charge in [-0.25, -0.2) is 0 Å². The highest BCUT2D eigenvalue weighted by Gasteiger charge is 2.19. The minimum absolute atomic E-state index is 0.326. The summed E-state index contributed by atoms with van der Waals surface area (Å²) in [7, 11) is 0. The first-order valence-electron chi connectivity index (χ1n) is 6.94. The Balaban J connectivity index is 1.93. The lowest BCUT2D eigenvalue weighted by atomic mass is 10.0. The van der Waals surface area contributed by atoms with Gasteiger partial charge in [-0.05, 0) is 22.4 Å². The number of rotatable bonds is 3. The van der Waals surface area contributed by atoms with Crippen LogP contribution < -0.4 is 5.32 Å². The number of hydrogen-bond acceptors (Lipinski definition) is 2. The van der Waals surface area contributed by atoms with Crippen LogP contribution in [-0.2, 0) is 0 Å². The van der Waals surface area contributed by atoms with E-state index in [1.165, 1.54) is 16.3 Å². The van der Waals surface area contributed by atoms with Crippen molar-refractivity contribution in [3.8, 4) is 0 Å². The van der Waals surface area contributed by atoms with Crippen LogP contribution in [0.1, 0.15) is 11.6 Å². The van der Waals surface area contributed by atoms with Gasteiger partial charge >= 0.3 is 0 Å². The summed E-state index contributed by atoms with van der Waals surface area (Å²) in [5.74, 6) is 0. The van der Waals surface area contributed by atoms with Crippen molar-refractivity contribution < 1.29 is 0 Å². The smallest absolute Gasteiger partial charge is 0.0530 e. The summed E-state index contributed by atoms with van der Waals surface area (Å²) in [6.07, 6.45) is 2.06. The molecule has 1 heterocycles. The lowest BCUT2D eigenvalue weighted by Crippen LogP contribution is -2.44. The molecule has 1 saturated heterocycles. The van der Waals surface area contributed by atoms with Gasteiger partial charge in [-0.3, -0.25) is 4.90 Å². The number of piperazine rings is 1. The van der Waals surface area contributed by atoms with E-state index in [9.17, 15) is 0 Å². The fourth-order valence-electron chi connectivity index (χ4n) is 2.85. The van der Waals surface area contributed by atoms with E-state index in [4.69, 9.17) is 0 Å². The van der Waals surface area contributed by atoms with Crippen molar-refractivity contribution in [1.29, 1.82) is 0 Å². The average molecular weight is 252 g/mol. The number of nitrogens with zero attached hydrogens (tertiary/aromatic N) is 1. The van der Waals surface area contributed by atoms with Gasteiger partial charge in [0.15, 0.2) is 0 Å². The molecule has 0 unspecified atom stereocenters. The van der Waals surface area contributed by atoms with Gasteiger partial charge < -0.3 is 5.32 Å². The van der Waals surface area contributed by atoms with Crippen LogP contribution in [-0.4, -0.2) is 31.1 Å². The van der Waals surface area contributed by atoms with Crippen molar-refractivity contribution in [2.45, 2.75) is 6.04 Å². The Labute approximate surface area is 114 Å². The normalized spacial score (nSPS) is 18.3. The van der Waals surface area contributed by atoms with E-state index in [2.05, 4.69) is 65.3 Å². The molecule has 2 aromatic carbocycles. The lowest BCUT2D eigenvalue weighted by molar-refractivity contribution is 0.203. The first kappa shape index (κ1) is 12.4. The Bertz CT molecular complexity index is 570. The van der Waals surface area contributed by atoms with Gasteiger partial charge in [0.25, 0.3) is 0 Å². The highest BCUT2D eigenvalue weighted by atomic mass is 15.2. The molecule has 2 aromatic rings. The monoisotopic (exact) mass is 252 g/mol. The molecule has 1 aliphatic heterocycles. The van der Waals surface area contributed by atoms with Gasteiger partial charge in [-0.15, -0.1) is 6.58 Å². The molecule has 98 valence electrons. The maximum atomic E-state index is 4.03. The molecule has 19 heavy (non-hydrogen) atoms. The Hall–Kier alpha value is -1.64. The van der Waals surface area contributed by atoms with Crippen LogP contribution in [0.5, 0.6) is 0 Å². The third-order valence-corrected chi connectivity index (χ3v) is 3.88. The van der Waals surface area contributed by atoms with Crippen LogP contribution in [0.25, 0.3) is 10.8 Å². The highest BCUT2D eigenvalue weighted by molar-refractivity contribution is 5.83. The van der Waals surface area contributed by atoms with Crippen molar-refractivity contribution in [3.05, 3.63) is 60.7 Å². The van der Waals surface area contributed by atoms with Gasteiger partial charge in [0.2, 0.25) is 0 Å². The Kier molecular flexibility index (Phi) is 3.62. The minimum atomic E-state index is 0.326. The van der Waals surface area contributed by atoms with E-state index in [0.717, 1.165) is 26.2 Å². The third kappa shape index (κ3) is 2.55. The maximum Gasteiger partial charge on any atom is 0.0530 e. The van der Waals surface area contributed by atoms with Gasteiger partial charge in [0.05, 0.1) is 6.04 Å². The number of nitrogens with one attached hydrogen (secondary N) is 1. The summed E-state index contributed by atoms with van der Waals surface area (Å²) in [5.41, 5.74) is 1.34. The molecule has 0 aliphatic carbocycles. The lowest BCUT2D eigenvalue weighted by Gasteiger charge is -2.33. The van der Waals surface area contributed by atoms with Crippen molar-refractivity contribution in [2.24, 2.45) is 0 Å². The van der Waals surface area contributed by atoms with Crippen LogP contribution in [0.15, 0.2) is 55.1 Å². The summed E-state index contributed by atoms with van der Waals surface area (Å²) in [5, 5.41) is 6.01. The molecule has 2 heteroatoms. The molecule has 0 aromatic heterocycles. The number of fused-ring (bicyclic) bond motifs is 1. The molecule has 0 bridgehead atoms. The molecule has 0 radical (unpaired) electrons. The molecule has 2 nitrogen and oxygen atoms in total. The first-order valence-corrected chi connectivity index (χ1v) is 6.94. The summed E-state index contributed by atoms with van der Waals surface area (Å²) < 4.78 is 0. The molecule has 3 rings (SSSR count). The average Bonchev–Trinajstić information content (AvgIpc) is 2.49. The van der Waals surface area contributed by atoms with E-state index in [1.54, 1.807) is 0 Å². The number of hydrogen-bond donors (Lipinski definition) is 1. The predicted octanol–water partition coefficient (Wildman–Crippen LogP) is 2.97. The maximum absolute atomic E-state index is 4.03. The molecular formula is C17H20N2. The Morgan fingerprint density at radius 2 is 1.79 bits per heavy atom. The van der Waals surface area contributed by atoms with Crippen molar-refractivity contribution in [1.82, 2.24) is 10.2 Å². The van der Waals surface area contributed by atoms with Crippen LogP contribution in [0.4, 0.5) is 0 Å². The van der Waals surface area contributed by atoms with Crippen LogP contribution >= 0.6 is 0 Å². The Morgan fingerprint density at radius 3 is 2.53 bits per heavy atom. The zero-order chi connectivity index (χ0) is 13.1. The molecular weight excluding hydrogens is 232 g/mol. The molecule has 0 amide bonds. The zero-order valence-electron chi connectivity index (χ0n) is 11.2. The highest BCUT2D eigenvalue weighted by Crippen LogP contribution is 2.25. The summed E-state index contributed by atoms with van der Waals surface area (Å²) in [6.45, 7) is 8.34. The molecule has 1 atom stereocenters. The van der Waals surface area contributed by atoms with E-state index >= 15 is 0 Å². The SMILES string of the molecule is C=C[C@@H](c1ccc2ccccc2c1)N1CCNCC1. The van der Waals surface area contributed by atoms with E-state index in [0.29, 0.717) is 6.04 Å². The summed E-state index contributed by atoms with van der Waals surface area (Å²) in [4.78, 5) is 2.49. The molecule has 1 N–H and O–H groups in total. The van der Waals surface area contributed by atoms with Crippen molar-refractivity contribution >= 4 is 10.8 Å². The predicted molar refractivity (Wildman–Crippen MR) is 81.3 cm³/mol. The van der Waals surface area contributed by atoms with Gasteiger partial charge in [-0.1, -0.05) is 42.5 Å². The molecule has 0 saturated carbocycles. The zero-order valence-corrected chi connectivity index (χ0v) is 11.2. The Morgan fingerprint density at radius 1 is 1.05 bits per heavy atom. The van der Waals surface area contributed by atoms with Crippen LogP contribution in [0.3, 0.4) is 0 Å². The first-order chi connectivity index (χ1) is 9.38. The molecule has 1 aliphatic rings. The minimum Gasteiger partial charge on any atom is -0.314 e. The summed E-state index contributed by atoms with van der Waals surface area (Å²) >= 11 is 0. The molecule has 1 fully saturated rings. The largest absolute Gasteiger partial charge is 0.314 e. The third-order valence-electron chi connectivity index (χ3n) is 3.88. The quantitative estimate of drug-likeness (QED) is 0.845. The van der Waals surface area contributed by atoms with E-state index in [1.807, 2.05) is 0 Å². The van der Waals surface area contributed by atoms with Crippen molar-refractivity contribution in [3.63, 3.8) is 0 Å². The summed E-state index contributed by atoms with van der Waals surface area (Å²) in [6, 6.07) is 15.6. The van der Waals surface area contributed by atoms with E-state index < -0.39 is 0 Å². The van der Waals surface area contributed by atoms with Gasteiger partial charge in [0.1, 0.15) is 0 Å². The molecule has 0 spiro atoms. The second-order valence-electron chi connectivity index (χ2n) is 5.07. The van der Waals surface area contributed by atoms with Gasteiger partial charge in [-0.2, -0.15) is 0 Å². The van der Waals surface area contributed by atoms with Crippen molar-refractivity contribution in [2.75, 3.05) is 26.2 Å². The van der Waals surface area contributed by atoms with E-state index in [-0.39, 0.29) is 0 Å². The van der Waals surface area contributed by atoms with Gasteiger partial charge in [0, 0.05) is 26.2 Å². The van der Waals surface area contributed by atoms with Crippen LogP contribution in [0.2, 0.25) is 0 Å². The number of benzene rings is 2. The topological polar surface area (TPSA) is 15.3 Å².